The van der Waals surface area contributed by atoms with E-state index in [4.69, 9.17) is 0 Å². The zero-order valence-electron chi connectivity index (χ0n) is 5.49. The Kier molecular flexibility index (Phi) is 3.70. The van der Waals surface area contributed by atoms with Crippen LogP contribution in [0.5, 0.6) is 0 Å². The number of hydrogen-bond donors (Lipinski definition) is 0. The van der Waals surface area contributed by atoms with Crippen molar-refractivity contribution in [3.05, 3.63) is 6.92 Å². The molecule has 0 aromatic rings. The molecular formula is C6H11F2O. The fraction of sp³-hybridized carbons (Fsp3) is 0.833. The van der Waals surface area contributed by atoms with Gasteiger partial charge in [0, 0.05) is 6.42 Å². The first-order valence-corrected chi connectivity index (χ1v) is 2.93. The number of hydrogen-bond acceptors (Lipinski definition) is 1. The van der Waals surface area contributed by atoms with Gasteiger partial charge in [-0.05, 0) is 13.3 Å². The van der Waals surface area contributed by atoms with Gasteiger partial charge in [-0.2, -0.15) is 8.78 Å². The zero-order valence-corrected chi connectivity index (χ0v) is 5.49. The molecule has 55 valence electrons. The molecule has 0 N–H and O–H groups in total. The van der Waals surface area contributed by atoms with Gasteiger partial charge in [-0.1, -0.05) is 6.92 Å². The Morgan fingerprint density at radius 1 is 1.56 bits per heavy atom. The second-order valence-corrected chi connectivity index (χ2v) is 1.74. The molecule has 3 heteroatoms. The highest BCUT2D eigenvalue weighted by Gasteiger charge is 2.27. The Morgan fingerprint density at radius 2 is 2.11 bits per heavy atom. The highest BCUT2D eigenvalue weighted by Crippen LogP contribution is 2.20. The summed E-state index contributed by atoms with van der Waals surface area (Å²) in [5, 5.41) is 0. The van der Waals surface area contributed by atoms with Crippen molar-refractivity contribution in [2.24, 2.45) is 0 Å². The molecule has 0 bridgehead atoms. The lowest BCUT2D eigenvalue weighted by Crippen LogP contribution is -2.19. The van der Waals surface area contributed by atoms with Crippen molar-refractivity contribution in [2.45, 2.75) is 25.9 Å². The molecule has 0 amide bonds. The Balaban J connectivity index is 3.43. The quantitative estimate of drug-likeness (QED) is 0.577. The molecule has 0 heterocycles. The first-order chi connectivity index (χ1) is 4.12. The average molecular weight is 137 g/mol. The van der Waals surface area contributed by atoms with Crippen LogP contribution in [0.2, 0.25) is 0 Å². The van der Waals surface area contributed by atoms with Crippen molar-refractivity contribution >= 4 is 0 Å². The summed E-state index contributed by atoms with van der Waals surface area (Å²) in [6, 6.07) is 0. The van der Waals surface area contributed by atoms with Gasteiger partial charge in [0.1, 0.15) is 0 Å². The molecule has 0 saturated carbocycles. The molecule has 1 radical (unpaired) electrons. The molecule has 0 atom stereocenters. The van der Waals surface area contributed by atoms with Crippen LogP contribution in [0.4, 0.5) is 8.78 Å². The molecule has 0 spiro atoms. The van der Waals surface area contributed by atoms with Gasteiger partial charge < -0.3 is 4.74 Å². The van der Waals surface area contributed by atoms with Crippen LogP contribution in [-0.4, -0.2) is 12.7 Å². The van der Waals surface area contributed by atoms with Crippen LogP contribution in [0, 0.1) is 6.92 Å². The minimum absolute atomic E-state index is 0.174. The predicted octanol–water partition coefficient (Wildman–Crippen LogP) is 2.23. The normalized spacial score (nSPS) is 12.0. The smallest absolute Gasteiger partial charge is 0.320 e. The average Bonchev–Trinajstić information content (AvgIpc) is 1.64. The standard InChI is InChI=1S/C6H11F2O/c1-3-5-6(7,8)9-4-2/h2-5H2,1H3. The van der Waals surface area contributed by atoms with Crippen molar-refractivity contribution < 1.29 is 13.5 Å². The van der Waals surface area contributed by atoms with E-state index >= 15 is 0 Å². The van der Waals surface area contributed by atoms with E-state index in [1.54, 1.807) is 6.92 Å². The maximum atomic E-state index is 12.2. The van der Waals surface area contributed by atoms with Crippen LogP contribution in [0.15, 0.2) is 0 Å². The molecule has 0 unspecified atom stereocenters. The van der Waals surface area contributed by atoms with Crippen LogP contribution in [0.25, 0.3) is 0 Å². The molecule has 0 rings (SSSR count). The molecule has 9 heavy (non-hydrogen) atoms. The van der Waals surface area contributed by atoms with Crippen LogP contribution in [0.1, 0.15) is 19.8 Å². The van der Waals surface area contributed by atoms with Crippen molar-refractivity contribution in [1.82, 2.24) is 0 Å². The lowest BCUT2D eigenvalue weighted by Gasteiger charge is -2.13. The third kappa shape index (κ3) is 4.33. The van der Waals surface area contributed by atoms with Gasteiger partial charge in [0.05, 0.1) is 6.61 Å². The maximum absolute atomic E-state index is 12.2. The van der Waals surface area contributed by atoms with E-state index in [-0.39, 0.29) is 13.0 Å². The van der Waals surface area contributed by atoms with E-state index in [2.05, 4.69) is 11.7 Å². The van der Waals surface area contributed by atoms with Gasteiger partial charge in [-0.3, -0.25) is 0 Å². The lowest BCUT2D eigenvalue weighted by molar-refractivity contribution is -0.236. The monoisotopic (exact) mass is 137 g/mol. The first kappa shape index (κ1) is 8.82. The lowest BCUT2D eigenvalue weighted by atomic mass is 10.3. The van der Waals surface area contributed by atoms with Gasteiger partial charge in [-0.25, -0.2) is 0 Å². The number of halogens is 2. The Labute approximate surface area is 54.0 Å². The van der Waals surface area contributed by atoms with Crippen molar-refractivity contribution in [1.29, 1.82) is 0 Å². The van der Waals surface area contributed by atoms with E-state index in [1.165, 1.54) is 0 Å². The van der Waals surface area contributed by atoms with E-state index in [1.807, 2.05) is 0 Å². The molecule has 0 aliphatic heterocycles. The first-order valence-electron chi connectivity index (χ1n) is 2.93. The van der Waals surface area contributed by atoms with E-state index in [9.17, 15) is 8.78 Å². The Morgan fingerprint density at radius 3 is 2.44 bits per heavy atom. The SMILES string of the molecule is [CH2]COC(F)(F)CCC. The minimum Gasteiger partial charge on any atom is -0.320 e. The van der Waals surface area contributed by atoms with Gasteiger partial charge in [0.2, 0.25) is 0 Å². The topological polar surface area (TPSA) is 9.23 Å². The number of alkyl halides is 2. The number of ether oxygens (including phenoxy) is 1. The van der Waals surface area contributed by atoms with E-state index < -0.39 is 6.11 Å². The van der Waals surface area contributed by atoms with Gasteiger partial charge in [0.25, 0.3) is 0 Å². The highest BCUT2D eigenvalue weighted by molar-refractivity contribution is 4.50. The molecular weight excluding hydrogens is 126 g/mol. The third-order valence-electron chi connectivity index (χ3n) is 0.854. The fourth-order valence-corrected chi connectivity index (χ4v) is 0.513. The summed E-state index contributed by atoms with van der Waals surface area (Å²) in [5.74, 6) is 0. The van der Waals surface area contributed by atoms with Gasteiger partial charge >= 0.3 is 6.11 Å². The summed E-state index contributed by atoms with van der Waals surface area (Å²) in [4.78, 5) is 0. The summed E-state index contributed by atoms with van der Waals surface area (Å²) in [6.45, 7) is 4.66. The molecule has 0 aliphatic carbocycles. The molecule has 0 saturated heterocycles. The van der Waals surface area contributed by atoms with Crippen LogP contribution in [0.3, 0.4) is 0 Å². The van der Waals surface area contributed by atoms with Crippen molar-refractivity contribution in [2.75, 3.05) is 6.61 Å². The second-order valence-electron chi connectivity index (χ2n) is 1.74. The largest absolute Gasteiger partial charge is 0.355 e. The van der Waals surface area contributed by atoms with E-state index in [0.29, 0.717) is 6.42 Å². The maximum Gasteiger partial charge on any atom is 0.355 e. The summed E-state index contributed by atoms with van der Waals surface area (Å²) >= 11 is 0. The van der Waals surface area contributed by atoms with Crippen molar-refractivity contribution in [3.8, 4) is 0 Å². The van der Waals surface area contributed by atoms with Gasteiger partial charge in [0.15, 0.2) is 0 Å². The second kappa shape index (κ2) is 3.77. The Bertz CT molecular complexity index is 65.5. The minimum atomic E-state index is -2.96. The van der Waals surface area contributed by atoms with Crippen LogP contribution < -0.4 is 0 Å². The van der Waals surface area contributed by atoms with Crippen LogP contribution >= 0.6 is 0 Å². The summed E-state index contributed by atoms with van der Waals surface area (Å²) in [5.41, 5.74) is 0. The fourth-order valence-electron chi connectivity index (χ4n) is 0.513. The zero-order chi connectivity index (χ0) is 7.33. The third-order valence-corrected chi connectivity index (χ3v) is 0.854. The number of rotatable bonds is 4. The molecule has 0 aromatic carbocycles. The molecule has 0 aliphatic rings. The van der Waals surface area contributed by atoms with Crippen LogP contribution in [-0.2, 0) is 4.74 Å². The molecule has 1 nitrogen and oxygen atoms in total. The van der Waals surface area contributed by atoms with E-state index in [0.717, 1.165) is 0 Å². The summed E-state index contributed by atoms with van der Waals surface area (Å²) < 4.78 is 28.3. The summed E-state index contributed by atoms with van der Waals surface area (Å²) in [7, 11) is 0. The van der Waals surface area contributed by atoms with Crippen molar-refractivity contribution in [3.63, 3.8) is 0 Å². The molecule has 0 fully saturated rings. The van der Waals surface area contributed by atoms with Gasteiger partial charge in [-0.15, -0.1) is 0 Å². The molecule has 0 aromatic heterocycles. The Hall–Kier alpha value is -0.180. The summed E-state index contributed by atoms with van der Waals surface area (Å²) in [6.07, 6.45) is -2.76. The highest BCUT2D eigenvalue weighted by atomic mass is 19.3. The predicted molar refractivity (Wildman–Crippen MR) is 31.2 cm³/mol.